The molecule has 232 valence electrons. The van der Waals surface area contributed by atoms with Crippen LogP contribution in [0.25, 0.3) is 33.0 Å². The minimum Gasteiger partial charge on any atom is -0.184 e. The molecule has 0 amide bonds. The van der Waals surface area contributed by atoms with Gasteiger partial charge < -0.3 is 0 Å². The van der Waals surface area contributed by atoms with Gasteiger partial charge in [-0.05, 0) is 35.6 Å². The summed E-state index contributed by atoms with van der Waals surface area (Å²) in [7, 11) is 10.7. The van der Waals surface area contributed by atoms with E-state index in [0.717, 1.165) is 39.0 Å². The van der Waals surface area contributed by atoms with Crippen LogP contribution >= 0.6 is 17.0 Å². The second-order valence-electron chi connectivity index (χ2n) is 11.5. The molecular formula is C35H28Cl2F6SiZr. The molecule has 5 aromatic rings. The third-order valence-electron chi connectivity index (χ3n) is 7.38. The maximum atomic E-state index is 13.4. The van der Waals surface area contributed by atoms with Gasteiger partial charge >= 0.3 is 50.2 Å². The zero-order valence-corrected chi connectivity index (χ0v) is 29.8. The van der Waals surface area contributed by atoms with E-state index in [4.69, 9.17) is 17.0 Å². The summed E-state index contributed by atoms with van der Waals surface area (Å²) in [5.41, 5.74) is 1.72. The summed E-state index contributed by atoms with van der Waals surface area (Å²) in [6.07, 6.45) is -9.05. The second kappa shape index (κ2) is 14.3. The fourth-order valence-corrected chi connectivity index (χ4v) is 6.62. The monoisotopic (exact) mass is 750 g/mol. The zero-order valence-electron chi connectivity index (χ0n) is 24.8. The molecule has 0 aliphatic carbocycles. The smallest absolute Gasteiger partial charge is 0.0920 e. The number of rotatable bonds is 2. The molecule has 0 bridgehead atoms. The minimum absolute atomic E-state index is 0.0732. The number of alkyl halides is 6. The van der Waals surface area contributed by atoms with Gasteiger partial charge in [-0.1, -0.05) is 73.8 Å². The van der Waals surface area contributed by atoms with E-state index < -0.39 is 49.7 Å². The van der Waals surface area contributed by atoms with Gasteiger partial charge in [0.1, 0.15) is 0 Å². The van der Waals surface area contributed by atoms with Gasteiger partial charge in [0.15, 0.2) is 0 Å². The van der Waals surface area contributed by atoms with Crippen LogP contribution in [-0.2, 0) is 45.0 Å². The summed E-state index contributed by atoms with van der Waals surface area (Å²) >= 11 is -0.826. The van der Waals surface area contributed by atoms with E-state index in [1.807, 2.05) is 52.0 Å². The molecular weight excluding hydrogens is 725 g/mol. The van der Waals surface area contributed by atoms with Gasteiger partial charge in [-0.15, -0.1) is 40.1 Å². The molecule has 1 heterocycles. The van der Waals surface area contributed by atoms with E-state index in [9.17, 15) is 26.3 Å². The first-order valence-electron chi connectivity index (χ1n) is 13.9. The van der Waals surface area contributed by atoms with Gasteiger partial charge in [0, 0.05) is 0 Å². The number of benzene rings is 4. The van der Waals surface area contributed by atoms with Crippen molar-refractivity contribution in [2.45, 2.75) is 51.9 Å². The average molecular weight is 753 g/mol. The topological polar surface area (TPSA) is 0 Å². The number of aryl methyl sites for hydroxylation is 1. The van der Waals surface area contributed by atoms with Crippen LogP contribution in [0, 0.1) is 6.07 Å². The van der Waals surface area contributed by atoms with Crippen molar-refractivity contribution >= 4 is 47.7 Å². The summed E-state index contributed by atoms with van der Waals surface area (Å²) in [6, 6.07) is 27.4. The van der Waals surface area contributed by atoms with E-state index in [1.54, 1.807) is 6.07 Å². The Labute approximate surface area is 280 Å². The first kappa shape index (κ1) is 35.6. The number of hydrogen-bond acceptors (Lipinski definition) is 0. The molecule has 6 rings (SSSR count). The molecule has 0 saturated carbocycles. The van der Waals surface area contributed by atoms with Crippen molar-refractivity contribution in [3.05, 3.63) is 113 Å². The molecule has 0 nitrogen and oxygen atoms in total. The van der Waals surface area contributed by atoms with Crippen molar-refractivity contribution in [1.29, 1.82) is 0 Å². The molecule has 5 aromatic carbocycles. The van der Waals surface area contributed by atoms with Gasteiger partial charge in [-0.2, -0.15) is 61.9 Å². The van der Waals surface area contributed by atoms with Crippen molar-refractivity contribution in [2.75, 3.05) is 0 Å². The first-order valence-corrected chi connectivity index (χ1v) is 21.3. The normalized spacial score (nSPS) is 12.4. The van der Waals surface area contributed by atoms with Crippen LogP contribution in [0.1, 0.15) is 49.9 Å². The Morgan fingerprint density at radius 3 is 1.98 bits per heavy atom. The molecule has 2 radical (unpaired) electrons. The summed E-state index contributed by atoms with van der Waals surface area (Å²) in [5, 5.41) is 4.29. The number of fused-ring (bicyclic) bond motifs is 4. The standard InChI is InChI=1S/C23H21F6.C12H7Si.2ClH.Zr/c1-5-13-8-14-6-7-19(21(2,3)4)20(18(14)9-13)15-10-16(22(24,25)26)12-17(11-15)23(27,28)29;1-3-7-11-9(5-1)10-6-2-4-8-12(10)13-11;;;/h6-12H,5H2,1-4H3;1-7H;2*1H;/q2*-1;;;+4/p-2. The third kappa shape index (κ3) is 8.38. The van der Waals surface area contributed by atoms with E-state index in [-0.39, 0.29) is 11.6 Å². The molecule has 0 aromatic heterocycles. The molecule has 45 heavy (non-hydrogen) atoms. The van der Waals surface area contributed by atoms with Gasteiger partial charge in [0.2, 0.25) is 0 Å². The van der Waals surface area contributed by atoms with Crippen LogP contribution in [0.3, 0.4) is 0 Å². The molecule has 0 atom stereocenters. The molecule has 0 fully saturated rings. The Balaban J connectivity index is 0.000000236. The Bertz CT molecular complexity index is 1710. The van der Waals surface area contributed by atoms with Gasteiger partial charge in [0.25, 0.3) is 0 Å². The maximum absolute atomic E-state index is 13.4. The zero-order chi connectivity index (χ0) is 33.2. The predicted molar refractivity (Wildman–Crippen MR) is 171 cm³/mol. The molecule has 0 N–H and O–H groups in total. The van der Waals surface area contributed by atoms with Crippen LogP contribution in [0.5, 0.6) is 0 Å². The third-order valence-corrected chi connectivity index (χ3v) is 8.74. The molecule has 0 saturated heterocycles. The molecule has 10 heteroatoms. The van der Waals surface area contributed by atoms with Crippen LogP contribution < -0.4 is 10.4 Å². The van der Waals surface area contributed by atoms with Gasteiger partial charge in [-0.25, -0.2) is 0 Å². The van der Waals surface area contributed by atoms with E-state index >= 15 is 0 Å². The van der Waals surface area contributed by atoms with Crippen molar-refractivity contribution in [2.24, 2.45) is 0 Å². The Morgan fingerprint density at radius 1 is 0.800 bits per heavy atom. The molecule has 1 aliphatic rings. The molecule has 1 aliphatic heterocycles. The predicted octanol–water partition coefficient (Wildman–Crippen LogP) is 10.6. The van der Waals surface area contributed by atoms with Crippen LogP contribution in [0.4, 0.5) is 26.3 Å². The summed E-state index contributed by atoms with van der Waals surface area (Å²) in [6.45, 7) is 7.61. The number of halogens is 8. The van der Waals surface area contributed by atoms with Crippen LogP contribution in [0.15, 0.2) is 84.9 Å². The van der Waals surface area contributed by atoms with E-state index in [0.29, 0.717) is 16.5 Å². The number of hydrogen-bond donors (Lipinski definition) is 0. The summed E-state index contributed by atoms with van der Waals surface area (Å²) in [4.78, 5) is 0. The van der Waals surface area contributed by atoms with Crippen molar-refractivity contribution < 1.29 is 47.2 Å². The fourth-order valence-electron chi connectivity index (χ4n) is 5.31. The van der Waals surface area contributed by atoms with Crippen LogP contribution in [0.2, 0.25) is 0 Å². The minimum atomic E-state index is -4.88. The van der Waals surface area contributed by atoms with Crippen molar-refractivity contribution in [1.82, 2.24) is 0 Å². The Hall–Kier alpha value is -2.25. The van der Waals surface area contributed by atoms with E-state index in [1.165, 1.54) is 21.5 Å². The maximum Gasteiger partial charge on any atom is 0.0920 e. The van der Waals surface area contributed by atoms with Crippen molar-refractivity contribution in [3.63, 3.8) is 0 Å². The SMILES string of the molecule is CCc1cc2c(-c3cc(C(F)(F)F)cc(C(F)(F)F)c3)c(C(C)(C)C)ccc2[cH-]1.[Cl][Zr+2][Cl].[c-]1cccc2c1[Si]c1ccccc1-2. The van der Waals surface area contributed by atoms with Crippen molar-refractivity contribution in [3.8, 4) is 22.3 Å². The second-order valence-corrected chi connectivity index (χ2v) is 16.5. The average Bonchev–Trinajstić information content (AvgIpc) is 3.57. The summed E-state index contributed by atoms with van der Waals surface area (Å²) < 4.78 is 80.3. The molecule has 0 unspecified atom stereocenters. The van der Waals surface area contributed by atoms with E-state index in [2.05, 4.69) is 42.5 Å². The van der Waals surface area contributed by atoms with Gasteiger partial charge in [0.05, 0.1) is 20.6 Å². The first-order chi connectivity index (χ1) is 21.1. The summed E-state index contributed by atoms with van der Waals surface area (Å²) in [5.74, 6) is 0. The Morgan fingerprint density at radius 2 is 1.40 bits per heavy atom. The Kier molecular flexibility index (Phi) is 11.3. The van der Waals surface area contributed by atoms with Gasteiger partial charge in [-0.3, -0.25) is 0 Å². The van der Waals surface area contributed by atoms with Crippen LogP contribution in [-0.4, -0.2) is 9.52 Å². The largest absolute Gasteiger partial charge is 0.184 e. The molecule has 0 spiro atoms. The fraction of sp³-hybridized carbons (Fsp3) is 0.229. The quantitative estimate of drug-likeness (QED) is 0.0939.